The first-order valence-electron chi connectivity index (χ1n) is 11.0. The van der Waals surface area contributed by atoms with Crippen LogP contribution in [0.3, 0.4) is 0 Å². The molecule has 0 bridgehead atoms. The van der Waals surface area contributed by atoms with E-state index in [-0.39, 0.29) is 0 Å². The number of hydrogen-bond acceptors (Lipinski definition) is 6. The predicted molar refractivity (Wildman–Crippen MR) is 138 cm³/mol. The van der Waals surface area contributed by atoms with E-state index < -0.39 is 6.09 Å². The largest absolute Gasteiger partial charge is 0.417 e. The number of hydrogen-bond donors (Lipinski definition) is 2. The summed E-state index contributed by atoms with van der Waals surface area (Å²) in [6.07, 6.45) is 3.38. The van der Waals surface area contributed by atoms with Gasteiger partial charge in [-0.25, -0.2) is 4.79 Å². The van der Waals surface area contributed by atoms with Gasteiger partial charge in [0.2, 0.25) is 0 Å². The predicted octanol–water partition coefficient (Wildman–Crippen LogP) is 5.79. The minimum atomic E-state index is -0.518. The molecule has 34 heavy (non-hydrogen) atoms. The van der Waals surface area contributed by atoms with Gasteiger partial charge in [0, 0.05) is 31.1 Å². The van der Waals surface area contributed by atoms with Crippen LogP contribution < -0.4 is 10.1 Å². The second kappa shape index (κ2) is 11.1. The lowest BCUT2D eigenvalue weighted by molar-refractivity contribution is 0.158. The number of aromatic nitrogens is 2. The van der Waals surface area contributed by atoms with Gasteiger partial charge >= 0.3 is 6.09 Å². The lowest BCUT2D eigenvalue weighted by Crippen LogP contribution is -2.22. The summed E-state index contributed by atoms with van der Waals surface area (Å²) in [6.45, 7) is 4.11. The maximum Gasteiger partial charge on any atom is 0.417 e. The van der Waals surface area contributed by atoms with Gasteiger partial charge in [-0.15, -0.1) is 11.3 Å². The third-order valence-corrected chi connectivity index (χ3v) is 6.30. The summed E-state index contributed by atoms with van der Waals surface area (Å²) in [7, 11) is 3.73. The summed E-state index contributed by atoms with van der Waals surface area (Å²) in [5.41, 5.74) is 5.34. The van der Waals surface area contributed by atoms with Crippen molar-refractivity contribution in [2.45, 2.75) is 13.5 Å². The molecule has 4 rings (SSSR count). The highest BCUT2D eigenvalue weighted by Gasteiger charge is 2.12. The number of benzene rings is 2. The van der Waals surface area contributed by atoms with E-state index in [4.69, 9.17) is 9.47 Å². The van der Waals surface area contributed by atoms with Crippen LogP contribution in [0.2, 0.25) is 0 Å². The van der Waals surface area contributed by atoms with Crippen molar-refractivity contribution in [3.8, 4) is 5.06 Å². The quantitative estimate of drug-likeness (QED) is 0.320. The van der Waals surface area contributed by atoms with E-state index in [1.165, 1.54) is 11.3 Å². The Morgan fingerprint density at radius 2 is 2.06 bits per heavy atom. The van der Waals surface area contributed by atoms with Crippen LogP contribution >= 0.6 is 11.3 Å². The Bertz CT molecular complexity index is 1290. The number of rotatable bonds is 9. The minimum Gasteiger partial charge on any atom is -0.399 e. The number of nitrogens with zero attached hydrogens (tertiary/aromatic N) is 2. The number of amides is 1. The molecule has 1 amide bonds. The fourth-order valence-corrected chi connectivity index (χ4v) is 4.33. The van der Waals surface area contributed by atoms with Gasteiger partial charge in [-0.1, -0.05) is 36.4 Å². The number of aryl methyl sites for hydroxylation is 1. The molecule has 0 aliphatic heterocycles. The number of aromatic amines is 1. The van der Waals surface area contributed by atoms with Gasteiger partial charge in [-0.2, -0.15) is 5.10 Å². The molecule has 0 unspecified atom stereocenters. The van der Waals surface area contributed by atoms with E-state index in [9.17, 15) is 4.79 Å². The highest BCUT2D eigenvalue weighted by molar-refractivity contribution is 7.12. The van der Waals surface area contributed by atoms with Crippen molar-refractivity contribution in [1.82, 2.24) is 15.1 Å². The van der Waals surface area contributed by atoms with Crippen molar-refractivity contribution in [2.75, 3.05) is 32.6 Å². The van der Waals surface area contributed by atoms with Crippen molar-refractivity contribution in [3.05, 3.63) is 76.3 Å². The second-order valence-corrected chi connectivity index (χ2v) is 8.92. The molecule has 7 nitrogen and oxygen atoms in total. The van der Waals surface area contributed by atoms with Crippen LogP contribution in [0.25, 0.3) is 23.1 Å². The molecule has 176 valence electrons. The van der Waals surface area contributed by atoms with Crippen LogP contribution in [-0.4, -0.2) is 48.5 Å². The number of H-pyrrole nitrogens is 1. The normalized spacial score (nSPS) is 11.5. The van der Waals surface area contributed by atoms with E-state index in [1.54, 1.807) is 7.11 Å². The molecule has 0 aliphatic rings. The van der Waals surface area contributed by atoms with Crippen molar-refractivity contribution in [2.24, 2.45) is 0 Å². The Kier molecular flexibility index (Phi) is 7.74. The average Bonchev–Trinajstić information content (AvgIpc) is 3.43. The SMILES string of the molecule is COCCN(C)Cc1ccc(/C=C/c2n[nH]c3ccccc23)c(NC(=O)Oc2sccc2C)c1. The van der Waals surface area contributed by atoms with Gasteiger partial charge in [0.25, 0.3) is 0 Å². The topological polar surface area (TPSA) is 79.5 Å². The highest BCUT2D eigenvalue weighted by Crippen LogP contribution is 2.27. The van der Waals surface area contributed by atoms with E-state index >= 15 is 0 Å². The molecule has 0 radical (unpaired) electrons. The van der Waals surface area contributed by atoms with Crippen LogP contribution in [0.1, 0.15) is 22.4 Å². The maximum atomic E-state index is 12.7. The number of thiophene rings is 1. The smallest absolute Gasteiger partial charge is 0.399 e. The van der Waals surface area contributed by atoms with Crippen LogP contribution in [0.15, 0.2) is 53.9 Å². The van der Waals surface area contributed by atoms with Crippen molar-refractivity contribution < 1.29 is 14.3 Å². The van der Waals surface area contributed by atoms with Crippen LogP contribution in [-0.2, 0) is 11.3 Å². The molecule has 2 aromatic carbocycles. The molecule has 0 fully saturated rings. The average molecular weight is 477 g/mol. The molecular weight excluding hydrogens is 448 g/mol. The number of anilines is 1. The molecule has 0 saturated carbocycles. The Labute approximate surface area is 203 Å². The number of fused-ring (bicyclic) bond motifs is 1. The third kappa shape index (κ3) is 5.91. The van der Waals surface area contributed by atoms with Crippen LogP contribution in [0.5, 0.6) is 5.06 Å². The Hall–Kier alpha value is -3.46. The van der Waals surface area contributed by atoms with E-state index in [0.29, 0.717) is 17.4 Å². The number of para-hydroxylation sites is 1. The van der Waals surface area contributed by atoms with E-state index in [2.05, 4.69) is 26.5 Å². The Morgan fingerprint density at radius 1 is 1.21 bits per heavy atom. The van der Waals surface area contributed by atoms with Crippen LogP contribution in [0, 0.1) is 6.92 Å². The van der Waals surface area contributed by atoms with E-state index in [1.807, 2.05) is 74.0 Å². The van der Waals surface area contributed by atoms with Gasteiger partial charge in [-0.05, 0) is 54.8 Å². The molecule has 4 aromatic rings. The standard InChI is InChI=1S/C26H28N4O3S/c1-18-12-15-34-25(18)33-26(31)27-24-16-19(17-30(2)13-14-32-3)8-9-20(24)10-11-23-21-6-4-5-7-22(21)28-29-23/h4-12,15-16H,13-14,17H2,1-3H3,(H,27,31)(H,28,29)/b11-10+. The van der Waals surface area contributed by atoms with Gasteiger partial charge in [0.15, 0.2) is 5.06 Å². The molecule has 2 N–H and O–H groups in total. The fraction of sp³-hybridized carbons (Fsp3) is 0.231. The van der Waals surface area contributed by atoms with Gasteiger partial charge in [0.05, 0.1) is 23.5 Å². The van der Waals surface area contributed by atoms with Gasteiger partial charge < -0.3 is 9.47 Å². The lowest BCUT2D eigenvalue weighted by Gasteiger charge is -2.17. The summed E-state index contributed by atoms with van der Waals surface area (Å²) in [6, 6.07) is 15.9. The fourth-order valence-electron chi connectivity index (χ4n) is 3.56. The monoisotopic (exact) mass is 476 g/mol. The maximum absolute atomic E-state index is 12.7. The number of carbonyl (C=O) groups excluding carboxylic acids is 1. The Morgan fingerprint density at radius 3 is 2.85 bits per heavy atom. The molecule has 0 spiro atoms. The number of ether oxygens (including phenoxy) is 2. The van der Waals surface area contributed by atoms with Crippen LogP contribution in [0.4, 0.5) is 10.5 Å². The first kappa shape index (κ1) is 23.7. The summed E-state index contributed by atoms with van der Waals surface area (Å²) in [5.74, 6) is 0. The number of likely N-dealkylation sites (N-methyl/N-ethyl adjacent to an activating group) is 1. The summed E-state index contributed by atoms with van der Waals surface area (Å²) in [4.78, 5) is 14.8. The zero-order valence-electron chi connectivity index (χ0n) is 19.5. The second-order valence-electron chi connectivity index (χ2n) is 8.05. The highest BCUT2D eigenvalue weighted by atomic mass is 32.1. The summed E-state index contributed by atoms with van der Waals surface area (Å²) >= 11 is 1.39. The molecule has 0 atom stereocenters. The minimum absolute atomic E-state index is 0.518. The molecule has 8 heteroatoms. The third-order valence-electron chi connectivity index (χ3n) is 5.41. The van der Waals surface area contributed by atoms with Gasteiger partial charge in [0.1, 0.15) is 0 Å². The molecule has 2 heterocycles. The first-order chi connectivity index (χ1) is 16.5. The number of nitrogens with one attached hydrogen (secondary N) is 2. The number of methoxy groups -OCH3 is 1. The van der Waals surface area contributed by atoms with E-state index in [0.717, 1.165) is 46.4 Å². The molecular formula is C26H28N4O3S. The van der Waals surface area contributed by atoms with Crippen molar-refractivity contribution >= 4 is 46.2 Å². The molecule has 2 aromatic heterocycles. The van der Waals surface area contributed by atoms with Gasteiger partial charge in [-0.3, -0.25) is 15.3 Å². The van der Waals surface area contributed by atoms with Crippen molar-refractivity contribution in [3.63, 3.8) is 0 Å². The zero-order chi connectivity index (χ0) is 23.9. The van der Waals surface area contributed by atoms with Crippen molar-refractivity contribution in [1.29, 1.82) is 0 Å². The molecule has 0 aliphatic carbocycles. The lowest BCUT2D eigenvalue weighted by atomic mass is 10.1. The first-order valence-corrected chi connectivity index (χ1v) is 11.9. The Balaban J connectivity index is 1.58. The summed E-state index contributed by atoms with van der Waals surface area (Å²) in [5, 5.41) is 13.9. The summed E-state index contributed by atoms with van der Waals surface area (Å²) < 4.78 is 10.7. The molecule has 0 saturated heterocycles. The number of carbonyl (C=O) groups is 1. The zero-order valence-corrected chi connectivity index (χ0v) is 20.3.